The van der Waals surface area contributed by atoms with Gasteiger partial charge >= 0.3 is 0 Å². The molecule has 1 N–H and O–H groups in total. The molecule has 1 heterocycles. The van der Waals surface area contributed by atoms with Gasteiger partial charge in [0.2, 0.25) is 6.20 Å². The highest BCUT2D eigenvalue weighted by Gasteiger charge is 2.18. The molecule has 108 valence electrons. The summed E-state index contributed by atoms with van der Waals surface area (Å²) >= 11 is 7.38. The Bertz CT molecular complexity index is 725. The van der Waals surface area contributed by atoms with E-state index in [2.05, 4.69) is 5.32 Å². The topological polar surface area (TPSA) is 72.2 Å². The number of carbonyl (C=O) groups excluding carboxylic acids is 1. The van der Waals surface area contributed by atoms with Gasteiger partial charge in [-0.15, -0.1) is 11.3 Å². The van der Waals surface area contributed by atoms with Crippen molar-refractivity contribution in [2.75, 3.05) is 5.32 Å². The van der Waals surface area contributed by atoms with E-state index in [-0.39, 0.29) is 5.78 Å². The third-order valence-electron chi connectivity index (χ3n) is 2.63. The average molecular weight is 323 g/mol. The summed E-state index contributed by atoms with van der Waals surface area (Å²) in [6, 6.07) is 8.51. The van der Waals surface area contributed by atoms with Crippen LogP contribution in [-0.2, 0) is 0 Å². The van der Waals surface area contributed by atoms with Crippen LogP contribution in [0.15, 0.2) is 42.7 Å². The van der Waals surface area contributed by atoms with Crippen LogP contribution in [0, 0.1) is 17.0 Å². The van der Waals surface area contributed by atoms with Crippen molar-refractivity contribution in [1.82, 2.24) is 0 Å². The Balaban J connectivity index is 2.34. The van der Waals surface area contributed by atoms with E-state index in [1.54, 1.807) is 30.3 Å². The molecule has 1 aromatic carbocycles. The molecule has 0 saturated carbocycles. The molecule has 7 heteroatoms. The van der Waals surface area contributed by atoms with E-state index in [9.17, 15) is 14.9 Å². The number of carbonyl (C=O) groups is 1. The summed E-state index contributed by atoms with van der Waals surface area (Å²) in [6.45, 7) is 1.86. The molecular formula is C14H11ClN2O3S. The molecule has 21 heavy (non-hydrogen) atoms. The number of nitro groups is 1. The molecule has 0 saturated heterocycles. The number of nitrogens with zero attached hydrogens (tertiary/aromatic N) is 1. The van der Waals surface area contributed by atoms with Gasteiger partial charge in [0.25, 0.3) is 0 Å². The number of hydrogen-bond donors (Lipinski definition) is 1. The van der Waals surface area contributed by atoms with E-state index in [1.807, 2.05) is 6.92 Å². The summed E-state index contributed by atoms with van der Waals surface area (Å²) in [7, 11) is 0. The number of anilines is 1. The maximum Gasteiger partial charge on any atom is 0.250 e. The van der Waals surface area contributed by atoms with Gasteiger partial charge in [-0.3, -0.25) is 14.9 Å². The molecule has 0 aliphatic carbocycles. The predicted octanol–water partition coefficient (Wildman–Crippen LogP) is 4.10. The minimum absolute atomic E-state index is 0.220. The molecular weight excluding hydrogens is 312 g/mol. The zero-order valence-electron chi connectivity index (χ0n) is 11.0. The second-order valence-corrected chi connectivity index (χ2v) is 5.82. The average Bonchev–Trinajstić information content (AvgIpc) is 2.79. The normalized spacial score (nSPS) is 10.8. The highest BCUT2D eigenvalue weighted by atomic mass is 35.5. The van der Waals surface area contributed by atoms with E-state index < -0.39 is 4.92 Å². The Morgan fingerprint density at radius 1 is 1.38 bits per heavy atom. The van der Waals surface area contributed by atoms with Crippen LogP contribution in [-0.4, -0.2) is 10.7 Å². The summed E-state index contributed by atoms with van der Waals surface area (Å²) in [5, 5.41) is 14.0. The largest absolute Gasteiger partial charge is 0.348 e. The van der Waals surface area contributed by atoms with Crippen molar-refractivity contribution in [2.45, 2.75) is 6.92 Å². The minimum atomic E-state index is -0.580. The van der Waals surface area contributed by atoms with Crippen LogP contribution in [0.4, 0.5) is 5.00 Å². The first kappa shape index (κ1) is 15.2. The van der Waals surface area contributed by atoms with Gasteiger partial charge < -0.3 is 5.32 Å². The molecule has 0 fully saturated rings. The maximum absolute atomic E-state index is 12.5. The first-order valence-electron chi connectivity index (χ1n) is 5.95. The van der Waals surface area contributed by atoms with Gasteiger partial charge in [-0.1, -0.05) is 23.7 Å². The second-order valence-electron chi connectivity index (χ2n) is 4.15. The van der Waals surface area contributed by atoms with E-state index in [0.717, 1.165) is 11.1 Å². The van der Waals surface area contributed by atoms with E-state index >= 15 is 0 Å². The summed E-state index contributed by atoms with van der Waals surface area (Å²) in [5.41, 5.74) is 0.844. The van der Waals surface area contributed by atoms with Gasteiger partial charge in [-0.05, 0) is 25.1 Å². The van der Waals surface area contributed by atoms with Crippen molar-refractivity contribution in [2.24, 2.45) is 0 Å². The number of ketones is 1. The van der Waals surface area contributed by atoms with Gasteiger partial charge in [0.05, 0.1) is 21.7 Å². The molecule has 1 aromatic heterocycles. The van der Waals surface area contributed by atoms with Gasteiger partial charge in [0, 0.05) is 10.4 Å². The van der Waals surface area contributed by atoms with Crippen LogP contribution in [0.1, 0.15) is 20.8 Å². The molecule has 0 amide bonds. The van der Waals surface area contributed by atoms with E-state index in [0.29, 0.717) is 21.2 Å². The fraction of sp³-hybridized carbons (Fsp3) is 0.0714. The van der Waals surface area contributed by atoms with Gasteiger partial charge in [-0.25, -0.2) is 0 Å². The van der Waals surface area contributed by atoms with Crippen LogP contribution >= 0.6 is 22.9 Å². The Labute approximate surface area is 130 Å². The Morgan fingerprint density at radius 2 is 2.10 bits per heavy atom. The van der Waals surface area contributed by atoms with Crippen molar-refractivity contribution in [3.63, 3.8) is 0 Å². The summed E-state index contributed by atoms with van der Waals surface area (Å²) in [4.78, 5) is 23.1. The second kappa shape index (κ2) is 6.51. The molecule has 0 atom stereocenters. The lowest BCUT2D eigenvalue weighted by molar-refractivity contribution is -0.402. The van der Waals surface area contributed by atoms with Crippen LogP contribution in [0.25, 0.3) is 0 Å². The third-order valence-corrected chi connectivity index (χ3v) is 3.94. The number of benzene rings is 1. The molecule has 0 radical (unpaired) electrons. The molecule has 0 unspecified atom stereocenters. The van der Waals surface area contributed by atoms with Crippen molar-refractivity contribution in [3.05, 3.63) is 73.9 Å². The number of thiophene rings is 1. The summed E-state index contributed by atoms with van der Waals surface area (Å²) in [6.07, 6.45) is 1.97. The standard InChI is InChI=1S/C14H11ClN2O3S/c1-9-8-11(14(21-9)16-6-7-17(19)20)13(18)10-4-2-3-5-12(10)15/h2-8,16H,1H3. The quantitative estimate of drug-likeness (QED) is 0.511. The highest BCUT2D eigenvalue weighted by Crippen LogP contribution is 2.31. The van der Waals surface area contributed by atoms with Crippen LogP contribution < -0.4 is 5.32 Å². The molecule has 0 aliphatic rings. The number of nitrogens with one attached hydrogen (secondary N) is 1. The molecule has 0 spiro atoms. The zero-order chi connectivity index (χ0) is 15.4. The predicted molar refractivity (Wildman–Crippen MR) is 83.7 cm³/mol. The number of halogens is 1. The SMILES string of the molecule is Cc1cc(C(=O)c2ccccc2Cl)c(NC=C[N+](=O)[O-])s1. The smallest absolute Gasteiger partial charge is 0.250 e. The molecule has 0 aliphatic heterocycles. The van der Waals surface area contributed by atoms with Crippen LogP contribution in [0.5, 0.6) is 0 Å². The third kappa shape index (κ3) is 3.68. The monoisotopic (exact) mass is 322 g/mol. The Hall–Kier alpha value is -2.18. The molecule has 2 aromatic rings. The van der Waals surface area contributed by atoms with E-state index in [1.165, 1.54) is 17.5 Å². The van der Waals surface area contributed by atoms with Gasteiger partial charge in [0.15, 0.2) is 5.78 Å². The van der Waals surface area contributed by atoms with Crippen molar-refractivity contribution >= 4 is 33.7 Å². The fourth-order valence-electron chi connectivity index (χ4n) is 1.75. The summed E-state index contributed by atoms with van der Waals surface area (Å²) < 4.78 is 0. The van der Waals surface area contributed by atoms with Crippen molar-refractivity contribution < 1.29 is 9.72 Å². The van der Waals surface area contributed by atoms with Crippen LogP contribution in [0.2, 0.25) is 5.02 Å². The Morgan fingerprint density at radius 3 is 2.76 bits per heavy atom. The Kier molecular flexibility index (Phi) is 4.72. The summed E-state index contributed by atoms with van der Waals surface area (Å²) in [5.74, 6) is -0.220. The molecule has 2 rings (SSSR count). The van der Waals surface area contributed by atoms with Crippen LogP contribution in [0.3, 0.4) is 0 Å². The molecule has 0 bridgehead atoms. The van der Waals surface area contributed by atoms with E-state index in [4.69, 9.17) is 11.6 Å². The molecule has 5 nitrogen and oxygen atoms in total. The number of rotatable bonds is 5. The first-order valence-corrected chi connectivity index (χ1v) is 7.15. The van der Waals surface area contributed by atoms with Gasteiger partial charge in [0.1, 0.15) is 5.00 Å². The first-order chi connectivity index (χ1) is 9.99. The number of hydrogen-bond acceptors (Lipinski definition) is 5. The lowest BCUT2D eigenvalue weighted by atomic mass is 10.1. The zero-order valence-corrected chi connectivity index (χ0v) is 12.6. The minimum Gasteiger partial charge on any atom is -0.348 e. The maximum atomic E-state index is 12.5. The van der Waals surface area contributed by atoms with Crippen molar-refractivity contribution in [1.29, 1.82) is 0 Å². The highest BCUT2D eigenvalue weighted by molar-refractivity contribution is 7.16. The fourth-order valence-corrected chi connectivity index (χ4v) is 2.86. The lowest BCUT2D eigenvalue weighted by Crippen LogP contribution is -2.03. The van der Waals surface area contributed by atoms with Crippen molar-refractivity contribution in [3.8, 4) is 0 Å². The number of aryl methyl sites for hydroxylation is 1. The van der Waals surface area contributed by atoms with Gasteiger partial charge in [-0.2, -0.15) is 0 Å². The lowest BCUT2D eigenvalue weighted by Gasteiger charge is -2.04.